The first-order valence-corrected chi connectivity index (χ1v) is 43.8. The number of aromatic carboxylic acids is 2. The van der Waals surface area contributed by atoms with Gasteiger partial charge in [0, 0.05) is 122 Å². The number of nitrogens with two attached hydrogens (primary N) is 1. The minimum atomic E-state index is -4.18. The van der Waals surface area contributed by atoms with E-state index in [1.165, 1.54) is 25.6 Å². The Morgan fingerprint density at radius 2 is 1.03 bits per heavy atom. The van der Waals surface area contributed by atoms with Gasteiger partial charge in [0.2, 0.25) is 5.95 Å². The molecule has 10 aromatic heterocycles. The number of esters is 2. The van der Waals surface area contributed by atoms with Gasteiger partial charge < -0.3 is 50.6 Å². The molecule has 0 aliphatic carbocycles. The molecule has 688 valence electrons. The van der Waals surface area contributed by atoms with Gasteiger partial charge in [0.15, 0.2) is 22.8 Å². The lowest BCUT2D eigenvalue weighted by molar-refractivity contribution is -0.191. The van der Waals surface area contributed by atoms with Crippen LogP contribution in [0.25, 0.3) is 23.6 Å². The van der Waals surface area contributed by atoms with Crippen molar-refractivity contribution in [2.45, 2.75) is 146 Å². The molecule has 0 bridgehead atoms. The highest BCUT2D eigenvalue weighted by Gasteiger charge is 2.29. The number of anilines is 1. The van der Waals surface area contributed by atoms with Crippen molar-refractivity contribution in [1.82, 2.24) is 64.0 Å². The molecule has 0 saturated carbocycles. The summed E-state index contributed by atoms with van der Waals surface area (Å²) in [6.07, 6.45) is 2.03. The van der Waals surface area contributed by atoms with Gasteiger partial charge in [-0.1, -0.05) is 19.9 Å². The number of carboxylic acid groups (broad SMARTS) is 2. The largest absolute Gasteiger partial charge is 0.493 e. The van der Waals surface area contributed by atoms with Gasteiger partial charge in [0.25, 0.3) is 1.43 Å². The molecule has 28 nitrogen and oxygen atoms in total. The summed E-state index contributed by atoms with van der Waals surface area (Å²) in [6, 6.07) is 28.1. The number of fused-ring (bicyclic) bond motifs is 4. The van der Waals surface area contributed by atoms with Crippen LogP contribution in [0.2, 0.25) is 0 Å². The average molecular weight is 2190 g/mol. The number of aliphatic hydroxyl groups excluding tert-OH is 1. The first-order chi connectivity index (χ1) is 61.7. The SMILES string of the molecule is CCNCc1nc(C)ccc1-c1cnc(NCc2c(F)ccc3c2CCO3)n2cnc(C(=O)OCC)c12.CCc1ncn2c(CCc3c(F)ccc4c3CCO4)ncc(Br)c12.COC(=O)c1nc(C)ccc1Br.Cc1ccc(Br)c(C(=O)O)n1.Cc1ccc(Br)c(CCCC(F)(F)F)n1.Cc1ccc(Br)c(CO)n1.NCC(F)(F)F.O=C=O.[2H]OC(=O)c1nc(C)ccc1Br. The van der Waals surface area contributed by atoms with Crippen LogP contribution in [0.1, 0.15) is 161 Å². The number of nitrogens with one attached hydrogen (secondary N) is 2. The number of aliphatic hydroxyl groups is 1. The quantitative estimate of drug-likeness (QED) is 0.0305. The minimum Gasteiger partial charge on any atom is -0.493 e. The summed E-state index contributed by atoms with van der Waals surface area (Å²) in [5, 5.41) is 27.7. The third-order valence-corrected chi connectivity index (χ3v) is 21.9. The zero-order chi connectivity index (χ0) is 96.3. The molecule has 2 aliphatic heterocycles. The highest BCUT2D eigenvalue weighted by molar-refractivity contribution is 9.11. The molecule has 7 N–H and O–H groups in total. The van der Waals surface area contributed by atoms with Crippen LogP contribution in [0.15, 0.2) is 149 Å². The first kappa shape index (κ1) is 105. The predicted octanol–water partition coefficient (Wildman–Crippen LogP) is 19.2. The van der Waals surface area contributed by atoms with Gasteiger partial charge in [0.1, 0.15) is 41.6 Å². The van der Waals surface area contributed by atoms with Crippen molar-refractivity contribution in [3.8, 4) is 22.6 Å². The Labute approximate surface area is 788 Å². The van der Waals surface area contributed by atoms with Crippen LogP contribution in [-0.2, 0) is 77.3 Å². The Kier molecular flexibility index (Phi) is 42.8. The summed E-state index contributed by atoms with van der Waals surface area (Å²) in [5.74, 6) is -0.358. The summed E-state index contributed by atoms with van der Waals surface area (Å²) < 4.78 is 132. The van der Waals surface area contributed by atoms with E-state index in [-0.39, 0.29) is 61.0 Å². The molecule has 0 amide bonds. The van der Waals surface area contributed by atoms with E-state index in [1.807, 2.05) is 81.5 Å². The Morgan fingerprint density at radius 3 is 1.53 bits per heavy atom. The van der Waals surface area contributed by atoms with E-state index >= 15 is 0 Å². The molecular weight excluding hydrogens is 2090 g/mol. The number of nitrogens with zero attached hydrogens (tertiary/aromatic N) is 12. The van der Waals surface area contributed by atoms with Gasteiger partial charge in [-0.2, -0.15) is 35.9 Å². The van der Waals surface area contributed by atoms with Gasteiger partial charge in [-0.3, -0.25) is 23.8 Å². The maximum atomic E-state index is 14.7. The van der Waals surface area contributed by atoms with E-state index in [0.29, 0.717) is 116 Å². The Bertz CT molecular complexity index is 5860. The number of imidazole rings is 2. The second-order valence-electron chi connectivity index (χ2n) is 27.3. The van der Waals surface area contributed by atoms with E-state index in [2.05, 4.69) is 174 Å². The van der Waals surface area contributed by atoms with Gasteiger partial charge in [0.05, 0.1) is 91.8 Å². The average Bonchev–Trinajstić information content (AvgIpc) is 1.59. The molecule has 129 heavy (non-hydrogen) atoms. The molecule has 0 spiro atoms. The summed E-state index contributed by atoms with van der Waals surface area (Å²) in [7, 11) is 1.33. The summed E-state index contributed by atoms with van der Waals surface area (Å²) in [4.78, 5) is 104. The van der Waals surface area contributed by atoms with Gasteiger partial charge in [-0.05, 0) is 273 Å². The molecule has 0 atom stereocenters. The topological polar surface area (TPSA) is 388 Å². The van der Waals surface area contributed by atoms with Crippen LogP contribution >= 0.6 is 95.6 Å². The van der Waals surface area contributed by atoms with Crippen LogP contribution in [0.3, 0.4) is 0 Å². The van der Waals surface area contributed by atoms with Crippen LogP contribution in [0, 0.1) is 53.2 Å². The second kappa shape index (κ2) is 52.3. The van der Waals surface area contributed by atoms with Crippen molar-refractivity contribution in [2.24, 2.45) is 5.73 Å². The maximum absolute atomic E-state index is 14.7. The van der Waals surface area contributed by atoms with E-state index in [0.717, 1.165) is 106 Å². The molecule has 0 fully saturated rings. The normalized spacial score (nSPS) is 11.4. The highest BCUT2D eigenvalue weighted by Crippen LogP contribution is 2.36. The zero-order valence-corrected chi connectivity index (χ0v) is 80.5. The predicted molar refractivity (Wildman–Crippen MR) is 484 cm³/mol. The number of carboxylic acids is 2. The number of carbonyl (C=O) groups excluding carboxylic acids is 4. The number of halogens is 14. The number of hydrogen-bond acceptors (Lipinski definition) is 25. The molecule has 0 radical (unpaired) electrons. The summed E-state index contributed by atoms with van der Waals surface area (Å²) in [5.41, 5.74) is 19.2. The van der Waals surface area contributed by atoms with E-state index in [9.17, 15) is 54.3 Å². The van der Waals surface area contributed by atoms with Gasteiger partial charge in [-0.25, -0.2) is 62.8 Å². The van der Waals surface area contributed by atoms with E-state index in [4.69, 9.17) is 40.4 Å². The first-order valence-electron chi connectivity index (χ1n) is 39.5. The van der Waals surface area contributed by atoms with Gasteiger partial charge >= 0.3 is 42.4 Å². The van der Waals surface area contributed by atoms with Crippen molar-refractivity contribution in [2.75, 3.05) is 45.3 Å². The lowest BCUT2D eigenvalue weighted by Crippen LogP contribution is -2.21. The van der Waals surface area contributed by atoms with Crippen LogP contribution in [0.5, 0.6) is 11.5 Å². The highest BCUT2D eigenvalue weighted by atomic mass is 79.9. The van der Waals surface area contributed by atoms with Crippen LogP contribution < -0.4 is 25.8 Å². The van der Waals surface area contributed by atoms with Crippen molar-refractivity contribution in [3.05, 3.63) is 268 Å². The number of ether oxygens (including phenoxy) is 4. The van der Waals surface area contributed by atoms with Crippen molar-refractivity contribution < 1.29 is 98.2 Å². The van der Waals surface area contributed by atoms with Crippen molar-refractivity contribution >= 4 is 143 Å². The summed E-state index contributed by atoms with van der Waals surface area (Å²) in [6.45, 7) is 18.5. The second-order valence-corrected chi connectivity index (χ2v) is 32.4. The summed E-state index contributed by atoms with van der Waals surface area (Å²) >= 11 is 19.5. The molecule has 14 rings (SSSR count). The number of alkyl halides is 6. The zero-order valence-electron chi connectivity index (χ0n) is 72.0. The standard InChI is InChI=1S/C27H29FN6O3.C18H17BrFN3O.C10H11BrF3N.C8H8BrNO2.2C7H6BrNO2.C7H8BrNO.C2H4F3N.CO2/c1-4-29-14-22-17(7-6-16(3)33-22)20-13-31-27(34-15-32-24(25(20)34)26(35)36-5-2)30-12-19-18-10-11-37-23(18)9-8-21(19)28;1-2-15-18-13(19)9-21-17(23(18)10-22-15)6-3-11-12-7-8-24-16(12)5-4-14(11)20;1-7-4-5-8(11)9(15-7)3-2-6-10(12,13)14;1-5-3-4-6(9)7(10-5)8(11)12-2;2*1-4-2-3-5(8)6(9-4)7(10)11;1-5-2-3-6(8)7(4-10)9-5;3-2(4,5)1-6;2-1-3/h6-9,13,15,29H,4-5,10-12,14H2,1-3H3,(H,30,31);4-5,9-10H,2-3,6-8H2,1H3;4-5H,2-3,6H2,1H3;3-4H,1-2H3;2*2-3H,1H3,(H,10,11);2-3,10H,4H2,1H3;1,6H2;/i/hD. The fraction of sp³-hybridized carbons (Fsp3) is 0.322. The number of benzene rings is 2. The lowest BCUT2D eigenvalue weighted by atomic mass is 10.00. The number of hydrogen-bond donors (Lipinski definition) is 6. The third kappa shape index (κ3) is 32.8. The number of methoxy groups -OCH3 is 1. The Morgan fingerprint density at radius 1 is 0.543 bits per heavy atom. The molecule has 12 aromatic rings. The Balaban J connectivity index is 0.000000243. The molecule has 2 aliphatic rings. The fourth-order valence-electron chi connectivity index (χ4n) is 12.0. The maximum Gasteiger partial charge on any atom is 0.400 e. The smallest absolute Gasteiger partial charge is 0.400 e. The molecule has 0 saturated heterocycles. The molecule has 42 heteroatoms. The van der Waals surface area contributed by atoms with Crippen LogP contribution in [0.4, 0.5) is 41.1 Å². The number of pyridine rings is 6. The number of carbonyl (C=O) groups is 4. The monoisotopic (exact) mass is 2180 g/mol. The molecule has 0 unspecified atom stereocenters. The fourth-order valence-corrected chi connectivity index (χ4v) is 14.5. The lowest BCUT2D eigenvalue weighted by Gasteiger charge is -2.15. The van der Waals surface area contributed by atoms with Crippen molar-refractivity contribution in [3.63, 3.8) is 0 Å². The van der Waals surface area contributed by atoms with Crippen molar-refractivity contribution in [1.29, 1.82) is 1.43 Å². The van der Waals surface area contributed by atoms with E-state index in [1.54, 1.807) is 86.4 Å². The third-order valence-electron chi connectivity index (χ3n) is 18.0. The number of aryl methyl sites for hydroxylation is 9. The number of rotatable bonds is 20. The molecule has 12 heterocycles. The van der Waals surface area contributed by atoms with E-state index < -0.39 is 49.2 Å². The number of aromatic nitrogens is 12. The molecule has 2 aromatic carbocycles. The van der Waals surface area contributed by atoms with Crippen LogP contribution in [-0.4, -0.2) is 156 Å². The minimum absolute atomic E-state index is 0.0116. The molecular formula is C87H89Br6F8N15O13. The Hall–Kier alpha value is -10.6. The van der Waals surface area contributed by atoms with Gasteiger partial charge in [-0.15, -0.1) is 0 Å².